The van der Waals surface area contributed by atoms with Crippen LogP contribution in [-0.4, -0.2) is 17.5 Å². The second-order valence-corrected chi connectivity index (χ2v) is 4.77. The molecule has 6 nitrogen and oxygen atoms in total. The molecule has 0 saturated carbocycles. The summed E-state index contributed by atoms with van der Waals surface area (Å²) < 4.78 is 10.7. The minimum Gasteiger partial charge on any atom is -0.473 e. The minimum absolute atomic E-state index is 0.0870. The van der Waals surface area contributed by atoms with Crippen LogP contribution in [0.15, 0.2) is 42.5 Å². The summed E-state index contributed by atoms with van der Waals surface area (Å²) in [6, 6.07) is 11.7. The van der Waals surface area contributed by atoms with E-state index in [0.29, 0.717) is 11.3 Å². The highest BCUT2D eigenvalue weighted by Crippen LogP contribution is 2.43. The van der Waals surface area contributed by atoms with Crippen molar-refractivity contribution in [3.8, 4) is 16.9 Å². The molecule has 3 rings (SSSR count). The predicted molar refractivity (Wildman–Crippen MR) is 78.5 cm³/mol. The van der Waals surface area contributed by atoms with Crippen LogP contribution in [0.4, 0.5) is 5.69 Å². The topological polar surface area (TPSA) is 78.7 Å². The van der Waals surface area contributed by atoms with E-state index in [0.717, 1.165) is 11.1 Å². The van der Waals surface area contributed by atoms with E-state index in [1.807, 2.05) is 12.1 Å². The second-order valence-electron chi connectivity index (χ2n) is 4.77. The molecule has 2 aromatic carbocycles. The molecule has 0 aliphatic carbocycles. The molecule has 0 fully saturated rings. The van der Waals surface area contributed by atoms with Gasteiger partial charge < -0.3 is 9.47 Å². The lowest BCUT2D eigenvalue weighted by molar-refractivity contribution is -0.384. The second kappa shape index (κ2) is 5.48. The third kappa shape index (κ3) is 2.28. The monoisotopic (exact) mass is 299 g/mol. The molecule has 1 aliphatic heterocycles. The van der Waals surface area contributed by atoms with Crippen LogP contribution in [0.3, 0.4) is 0 Å². The van der Waals surface area contributed by atoms with E-state index in [9.17, 15) is 14.9 Å². The highest BCUT2D eigenvalue weighted by Gasteiger charge is 2.33. The molecule has 112 valence electrons. The number of nitro benzene ring substituents is 1. The Morgan fingerprint density at radius 3 is 2.77 bits per heavy atom. The van der Waals surface area contributed by atoms with Gasteiger partial charge in [0.05, 0.1) is 11.5 Å². The first-order chi connectivity index (χ1) is 10.6. The first-order valence-electron chi connectivity index (χ1n) is 6.83. The summed E-state index contributed by atoms with van der Waals surface area (Å²) in [5, 5.41) is 11.0. The molecule has 0 amide bonds. The Labute approximate surface area is 126 Å². The first kappa shape index (κ1) is 14.1. The number of nitro groups is 1. The smallest absolute Gasteiger partial charge is 0.352 e. The standard InChI is InChI=1S/C16H13NO5/c1-2-21-16(18)15-13-9-10(17(19)20)7-8-11(13)12-5-3-4-6-14(12)22-15/h3-9,15H,2H2,1H3. The van der Waals surface area contributed by atoms with Crippen molar-refractivity contribution in [3.05, 3.63) is 58.1 Å². The van der Waals surface area contributed by atoms with Gasteiger partial charge >= 0.3 is 5.97 Å². The third-order valence-electron chi connectivity index (χ3n) is 3.45. The highest BCUT2D eigenvalue weighted by atomic mass is 16.6. The van der Waals surface area contributed by atoms with Crippen molar-refractivity contribution in [2.24, 2.45) is 0 Å². The number of carbonyl (C=O) groups excluding carboxylic acids is 1. The van der Waals surface area contributed by atoms with Crippen LogP contribution in [0.2, 0.25) is 0 Å². The van der Waals surface area contributed by atoms with E-state index in [4.69, 9.17) is 9.47 Å². The number of hydrogen-bond acceptors (Lipinski definition) is 5. The molecule has 0 spiro atoms. The molecule has 1 heterocycles. The number of fused-ring (bicyclic) bond motifs is 3. The number of rotatable bonds is 3. The Balaban J connectivity index is 2.17. The van der Waals surface area contributed by atoms with E-state index >= 15 is 0 Å². The van der Waals surface area contributed by atoms with E-state index in [2.05, 4.69) is 0 Å². The molecule has 0 N–H and O–H groups in total. The number of nitrogens with zero attached hydrogens (tertiary/aromatic N) is 1. The summed E-state index contributed by atoms with van der Waals surface area (Å²) in [6.07, 6.45) is -0.996. The van der Waals surface area contributed by atoms with Gasteiger partial charge in [0.25, 0.3) is 5.69 Å². The third-order valence-corrected chi connectivity index (χ3v) is 3.45. The molecule has 0 saturated heterocycles. The van der Waals surface area contributed by atoms with Gasteiger partial charge in [-0.05, 0) is 24.6 Å². The number of ether oxygens (including phenoxy) is 2. The molecule has 1 aliphatic rings. The van der Waals surface area contributed by atoms with Crippen LogP contribution in [0, 0.1) is 10.1 Å². The maximum atomic E-state index is 12.1. The van der Waals surface area contributed by atoms with Crippen molar-refractivity contribution in [1.82, 2.24) is 0 Å². The Morgan fingerprint density at radius 2 is 2.05 bits per heavy atom. The summed E-state index contributed by atoms with van der Waals surface area (Å²) in [7, 11) is 0. The highest BCUT2D eigenvalue weighted by molar-refractivity contribution is 5.86. The van der Waals surface area contributed by atoms with Gasteiger partial charge in [-0.15, -0.1) is 0 Å². The Hall–Kier alpha value is -2.89. The van der Waals surface area contributed by atoms with Gasteiger partial charge in [-0.3, -0.25) is 10.1 Å². The molecule has 0 bridgehead atoms. The SMILES string of the molecule is CCOC(=O)C1Oc2ccccc2-c2ccc([N+](=O)[O-])cc21. The normalized spacial score (nSPS) is 15.2. The number of esters is 1. The van der Waals surface area contributed by atoms with Gasteiger partial charge in [0.15, 0.2) is 0 Å². The summed E-state index contributed by atoms with van der Waals surface area (Å²) in [5.74, 6) is 0.000608. The average Bonchev–Trinajstić information content (AvgIpc) is 2.53. The van der Waals surface area contributed by atoms with Crippen molar-refractivity contribution in [2.75, 3.05) is 6.61 Å². The van der Waals surface area contributed by atoms with E-state index < -0.39 is 17.0 Å². The van der Waals surface area contributed by atoms with Crippen molar-refractivity contribution < 1.29 is 19.2 Å². The lowest BCUT2D eigenvalue weighted by atomic mass is 9.92. The predicted octanol–water partition coefficient (Wildman–Crippen LogP) is 3.26. The van der Waals surface area contributed by atoms with Gasteiger partial charge in [0, 0.05) is 23.3 Å². The summed E-state index contributed by atoms with van der Waals surface area (Å²) in [4.78, 5) is 22.6. The van der Waals surface area contributed by atoms with Gasteiger partial charge in [0.1, 0.15) is 5.75 Å². The number of benzene rings is 2. The zero-order chi connectivity index (χ0) is 15.7. The van der Waals surface area contributed by atoms with Gasteiger partial charge in [-0.2, -0.15) is 0 Å². The summed E-state index contributed by atoms with van der Waals surface area (Å²) in [5.41, 5.74) is 1.90. The maximum Gasteiger partial charge on any atom is 0.352 e. The lowest BCUT2D eigenvalue weighted by Gasteiger charge is -2.27. The van der Waals surface area contributed by atoms with Crippen LogP contribution in [0.25, 0.3) is 11.1 Å². The van der Waals surface area contributed by atoms with E-state index in [-0.39, 0.29) is 12.3 Å². The molecule has 2 aromatic rings. The quantitative estimate of drug-likeness (QED) is 0.494. The van der Waals surface area contributed by atoms with Crippen molar-refractivity contribution in [2.45, 2.75) is 13.0 Å². The number of carbonyl (C=O) groups is 1. The number of hydrogen-bond donors (Lipinski definition) is 0. The number of para-hydroxylation sites is 1. The minimum atomic E-state index is -0.996. The lowest BCUT2D eigenvalue weighted by Crippen LogP contribution is -2.24. The van der Waals surface area contributed by atoms with Crippen molar-refractivity contribution in [3.63, 3.8) is 0 Å². The molecule has 1 unspecified atom stereocenters. The summed E-state index contributed by atoms with van der Waals surface area (Å²) in [6.45, 7) is 1.91. The molecule has 6 heteroatoms. The Morgan fingerprint density at radius 1 is 1.27 bits per heavy atom. The molecule has 1 atom stereocenters. The van der Waals surface area contributed by atoms with Gasteiger partial charge in [-0.25, -0.2) is 4.79 Å². The molecule has 0 radical (unpaired) electrons. The zero-order valence-electron chi connectivity index (χ0n) is 11.8. The molecular weight excluding hydrogens is 286 g/mol. The fourth-order valence-corrected chi connectivity index (χ4v) is 2.50. The largest absolute Gasteiger partial charge is 0.473 e. The van der Waals surface area contributed by atoms with E-state index in [1.54, 1.807) is 25.1 Å². The zero-order valence-corrected chi connectivity index (χ0v) is 11.8. The fraction of sp³-hybridized carbons (Fsp3) is 0.188. The molecular formula is C16H13NO5. The van der Waals surface area contributed by atoms with Crippen LogP contribution >= 0.6 is 0 Å². The maximum absolute atomic E-state index is 12.1. The molecule has 22 heavy (non-hydrogen) atoms. The van der Waals surface area contributed by atoms with Crippen molar-refractivity contribution in [1.29, 1.82) is 0 Å². The Kier molecular flexibility index (Phi) is 3.50. The van der Waals surface area contributed by atoms with Gasteiger partial charge in [0.2, 0.25) is 6.10 Å². The van der Waals surface area contributed by atoms with Crippen LogP contribution in [0.5, 0.6) is 5.75 Å². The Bertz CT molecular complexity index is 756. The fourth-order valence-electron chi connectivity index (χ4n) is 2.50. The first-order valence-corrected chi connectivity index (χ1v) is 6.83. The average molecular weight is 299 g/mol. The van der Waals surface area contributed by atoms with Crippen LogP contribution in [-0.2, 0) is 9.53 Å². The van der Waals surface area contributed by atoms with Crippen LogP contribution < -0.4 is 4.74 Å². The van der Waals surface area contributed by atoms with Gasteiger partial charge in [-0.1, -0.05) is 18.2 Å². The van der Waals surface area contributed by atoms with Crippen molar-refractivity contribution >= 4 is 11.7 Å². The van der Waals surface area contributed by atoms with E-state index in [1.165, 1.54) is 12.1 Å². The van der Waals surface area contributed by atoms with Crippen LogP contribution in [0.1, 0.15) is 18.6 Å². The molecule has 0 aromatic heterocycles. The number of non-ortho nitro benzene ring substituents is 1. The summed E-state index contributed by atoms with van der Waals surface area (Å²) >= 11 is 0.